The van der Waals surface area contributed by atoms with Gasteiger partial charge in [0.15, 0.2) is 0 Å². The van der Waals surface area contributed by atoms with Crippen LogP contribution in [0.25, 0.3) is 11.0 Å². The average Bonchev–Trinajstić information content (AvgIpc) is 3.20. The summed E-state index contributed by atoms with van der Waals surface area (Å²) in [4.78, 5) is 18.2. The summed E-state index contributed by atoms with van der Waals surface area (Å²) in [5.41, 5.74) is 1.72. The van der Waals surface area contributed by atoms with Gasteiger partial charge in [0.2, 0.25) is 5.91 Å². The van der Waals surface area contributed by atoms with Gasteiger partial charge in [-0.15, -0.1) is 0 Å². The maximum atomic E-state index is 13.8. The minimum absolute atomic E-state index is 0.0903. The molecule has 5 nitrogen and oxygen atoms in total. The fraction of sp³-hybridized carbons (Fsp3) is 0.444. The van der Waals surface area contributed by atoms with Gasteiger partial charge in [-0.2, -0.15) is 0 Å². The van der Waals surface area contributed by atoms with Crippen LogP contribution in [0.15, 0.2) is 65.1 Å². The van der Waals surface area contributed by atoms with E-state index in [9.17, 15) is 4.79 Å². The Kier molecular flexibility index (Phi) is 6.03. The zero-order valence-corrected chi connectivity index (χ0v) is 18.8. The van der Waals surface area contributed by atoms with Crippen molar-refractivity contribution in [3.63, 3.8) is 0 Å². The summed E-state index contributed by atoms with van der Waals surface area (Å²) < 4.78 is 12.2. The van der Waals surface area contributed by atoms with E-state index in [4.69, 9.17) is 9.15 Å². The van der Waals surface area contributed by atoms with Gasteiger partial charge in [0.25, 0.3) is 0 Å². The molecule has 2 aliphatic heterocycles. The number of amides is 1. The molecule has 3 heterocycles. The largest absolute Gasteiger partial charge is 0.460 e. The lowest BCUT2D eigenvalue weighted by atomic mass is 9.72. The number of hydrogen-bond acceptors (Lipinski definition) is 4. The second-order valence-electron chi connectivity index (χ2n) is 9.30. The lowest BCUT2D eigenvalue weighted by Crippen LogP contribution is -2.59. The summed E-state index contributed by atoms with van der Waals surface area (Å²) in [7, 11) is 0. The first kappa shape index (κ1) is 21.2. The van der Waals surface area contributed by atoms with Gasteiger partial charge >= 0.3 is 0 Å². The number of ether oxygens (including phenoxy) is 1. The summed E-state index contributed by atoms with van der Waals surface area (Å²) in [6, 6.07) is 20.5. The van der Waals surface area contributed by atoms with Crippen LogP contribution in [0.2, 0.25) is 0 Å². The van der Waals surface area contributed by atoms with Crippen molar-refractivity contribution in [2.24, 2.45) is 5.41 Å². The Labute approximate surface area is 189 Å². The maximum Gasteiger partial charge on any atom is 0.230 e. The summed E-state index contributed by atoms with van der Waals surface area (Å²) >= 11 is 0. The van der Waals surface area contributed by atoms with Crippen LogP contribution >= 0.6 is 0 Å². The molecule has 2 aliphatic rings. The molecule has 5 rings (SSSR count). The minimum atomic E-state index is -0.378. The number of para-hydroxylation sites is 1. The Hall–Kier alpha value is -2.63. The van der Waals surface area contributed by atoms with Crippen LogP contribution in [-0.4, -0.2) is 48.1 Å². The third kappa shape index (κ3) is 4.32. The zero-order valence-electron chi connectivity index (χ0n) is 18.8. The molecule has 2 saturated heterocycles. The molecule has 2 aromatic carbocycles. The predicted molar refractivity (Wildman–Crippen MR) is 125 cm³/mol. The molecule has 32 heavy (non-hydrogen) atoms. The smallest absolute Gasteiger partial charge is 0.230 e. The van der Waals surface area contributed by atoms with E-state index in [1.54, 1.807) is 0 Å². The molecular formula is C27H32N2O3. The molecule has 3 aromatic rings. The third-order valence-electron chi connectivity index (χ3n) is 6.91. The van der Waals surface area contributed by atoms with E-state index in [2.05, 4.69) is 29.2 Å². The number of fused-ring (bicyclic) bond motifs is 1. The lowest BCUT2D eigenvalue weighted by molar-refractivity contribution is -0.161. The summed E-state index contributed by atoms with van der Waals surface area (Å²) in [5.74, 6) is 1.25. The molecular weight excluding hydrogens is 400 g/mol. The van der Waals surface area contributed by atoms with Crippen LogP contribution in [0.5, 0.6) is 0 Å². The Morgan fingerprint density at radius 2 is 1.91 bits per heavy atom. The van der Waals surface area contributed by atoms with Gasteiger partial charge in [-0.3, -0.25) is 9.69 Å². The topological polar surface area (TPSA) is 45.9 Å². The molecule has 0 unspecified atom stereocenters. The van der Waals surface area contributed by atoms with Crippen LogP contribution in [0.3, 0.4) is 0 Å². The van der Waals surface area contributed by atoms with E-state index in [1.807, 2.05) is 48.2 Å². The maximum absolute atomic E-state index is 13.8. The summed E-state index contributed by atoms with van der Waals surface area (Å²) in [6.45, 7) is 6.53. The Bertz CT molecular complexity index is 1030. The molecule has 0 saturated carbocycles. The van der Waals surface area contributed by atoms with E-state index in [0.717, 1.165) is 55.6 Å². The molecule has 5 heteroatoms. The standard InChI is InChI=1S/C27H32N2O3/c1-2-31-24-16-27(26(30)29(19-24)17-21-9-4-3-5-10-21)13-8-14-28(20-27)18-23-15-22-11-6-7-12-25(22)32-23/h3-7,9-12,15,24H,2,8,13-14,16-20H2,1H3/t24-,27-/m0/s1. The number of hydrogen-bond donors (Lipinski definition) is 0. The SMILES string of the molecule is CCO[C@@H]1CN(Cc2ccccc2)C(=O)[C@@]2(CCCN(Cc3cc4ccccc4o3)C2)C1. The molecule has 0 bridgehead atoms. The quantitative estimate of drug-likeness (QED) is 0.558. The van der Waals surface area contributed by atoms with Crippen molar-refractivity contribution in [1.29, 1.82) is 0 Å². The molecule has 0 radical (unpaired) electrons. The van der Waals surface area contributed by atoms with Gasteiger partial charge in [0.05, 0.1) is 18.1 Å². The van der Waals surface area contributed by atoms with Crippen molar-refractivity contribution in [2.45, 2.75) is 45.4 Å². The highest BCUT2D eigenvalue weighted by Gasteiger charge is 2.49. The predicted octanol–water partition coefficient (Wildman–Crippen LogP) is 4.85. The molecule has 0 aliphatic carbocycles. The molecule has 168 valence electrons. The lowest BCUT2D eigenvalue weighted by Gasteiger charge is -2.49. The molecule has 1 spiro atoms. The first-order valence-corrected chi connectivity index (χ1v) is 11.8. The second kappa shape index (κ2) is 9.08. The van der Waals surface area contributed by atoms with Gasteiger partial charge in [-0.1, -0.05) is 48.5 Å². The van der Waals surface area contributed by atoms with Gasteiger partial charge < -0.3 is 14.1 Å². The number of piperidine rings is 2. The van der Waals surface area contributed by atoms with Gasteiger partial charge in [-0.25, -0.2) is 0 Å². The van der Waals surface area contributed by atoms with Crippen LogP contribution in [0.4, 0.5) is 0 Å². The van der Waals surface area contributed by atoms with Crippen molar-refractivity contribution < 1.29 is 13.9 Å². The highest BCUT2D eigenvalue weighted by Crippen LogP contribution is 2.41. The van der Waals surface area contributed by atoms with Crippen molar-refractivity contribution in [3.8, 4) is 0 Å². The van der Waals surface area contributed by atoms with Crippen molar-refractivity contribution in [2.75, 3.05) is 26.2 Å². The van der Waals surface area contributed by atoms with Crippen LogP contribution in [0, 0.1) is 5.41 Å². The molecule has 2 fully saturated rings. The van der Waals surface area contributed by atoms with E-state index >= 15 is 0 Å². The second-order valence-corrected chi connectivity index (χ2v) is 9.30. The monoisotopic (exact) mass is 432 g/mol. The van der Waals surface area contributed by atoms with Crippen LogP contribution in [0.1, 0.15) is 37.5 Å². The van der Waals surface area contributed by atoms with Gasteiger partial charge in [-0.05, 0) is 50.4 Å². The number of nitrogens with zero attached hydrogens (tertiary/aromatic N) is 2. The number of carbonyl (C=O) groups is 1. The van der Waals surface area contributed by atoms with E-state index in [1.165, 1.54) is 5.56 Å². The number of rotatable bonds is 6. The van der Waals surface area contributed by atoms with Crippen molar-refractivity contribution in [1.82, 2.24) is 9.80 Å². The fourth-order valence-electron chi connectivity index (χ4n) is 5.58. The normalized spacial score (nSPS) is 24.5. The Balaban J connectivity index is 1.35. The number of benzene rings is 2. The highest BCUT2D eigenvalue weighted by atomic mass is 16.5. The van der Waals surface area contributed by atoms with E-state index in [-0.39, 0.29) is 17.4 Å². The number of furan rings is 1. The van der Waals surface area contributed by atoms with E-state index < -0.39 is 0 Å². The summed E-state index contributed by atoms with van der Waals surface area (Å²) in [5, 5.41) is 1.13. The van der Waals surface area contributed by atoms with E-state index in [0.29, 0.717) is 19.7 Å². The summed E-state index contributed by atoms with van der Waals surface area (Å²) in [6.07, 6.45) is 2.84. The first-order valence-electron chi connectivity index (χ1n) is 11.8. The van der Waals surface area contributed by atoms with Crippen molar-refractivity contribution in [3.05, 3.63) is 72.0 Å². The molecule has 1 aromatic heterocycles. The number of carbonyl (C=O) groups excluding carboxylic acids is 1. The Morgan fingerprint density at radius 1 is 1.09 bits per heavy atom. The molecule has 0 N–H and O–H groups in total. The van der Waals surface area contributed by atoms with Gasteiger partial charge in [0.1, 0.15) is 11.3 Å². The highest BCUT2D eigenvalue weighted by molar-refractivity contribution is 5.84. The fourth-order valence-corrected chi connectivity index (χ4v) is 5.58. The van der Waals surface area contributed by atoms with Crippen LogP contribution < -0.4 is 0 Å². The zero-order chi connectivity index (χ0) is 22.0. The molecule has 2 atom stereocenters. The third-order valence-corrected chi connectivity index (χ3v) is 6.91. The van der Waals surface area contributed by atoms with Gasteiger partial charge in [0, 0.05) is 31.6 Å². The van der Waals surface area contributed by atoms with Crippen LogP contribution in [-0.2, 0) is 22.6 Å². The Morgan fingerprint density at radius 3 is 2.72 bits per heavy atom. The first-order chi connectivity index (χ1) is 15.6. The van der Waals surface area contributed by atoms with Crippen molar-refractivity contribution >= 4 is 16.9 Å². The average molecular weight is 433 g/mol. The molecule has 1 amide bonds. The minimum Gasteiger partial charge on any atom is -0.460 e. The number of likely N-dealkylation sites (tertiary alicyclic amines) is 2.